The first-order valence-electron chi connectivity index (χ1n) is 6.66. The third-order valence-corrected chi connectivity index (χ3v) is 4.24. The zero-order valence-corrected chi connectivity index (χ0v) is 13.0. The highest BCUT2D eigenvalue weighted by Crippen LogP contribution is 2.28. The van der Waals surface area contributed by atoms with Crippen molar-refractivity contribution in [3.8, 4) is 11.5 Å². The van der Waals surface area contributed by atoms with E-state index in [4.69, 9.17) is 21.1 Å². The van der Waals surface area contributed by atoms with Gasteiger partial charge in [0.25, 0.3) is 0 Å². The van der Waals surface area contributed by atoms with Crippen LogP contribution in [0.3, 0.4) is 0 Å². The standard InChI is InChI=1S/C15H24ClNO2/c1-5-15(6-2,11-16)17-10-12-7-8-13(18-3)14(9-12)19-4/h7-9,17H,5-6,10-11H2,1-4H3. The van der Waals surface area contributed by atoms with Gasteiger partial charge in [-0.15, -0.1) is 11.6 Å². The first-order valence-corrected chi connectivity index (χ1v) is 7.20. The maximum atomic E-state index is 6.09. The van der Waals surface area contributed by atoms with Crippen LogP contribution in [0.5, 0.6) is 11.5 Å². The maximum Gasteiger partial charge on any atom is 0.161 e. The van der Waals surface area contributed by atoms with Crippen LogP contribution in [0.4, 0.5) is 0 Å². The van der Waals surface area contributed by atoms with Crippen LogP contribution in [-0.2, 0) is 6.54 Å². The molecule has 0 aliphatic carbocycles. The predicted molar refractivity (Wildman–Crippen MR) is 80.4 cm³/mol. The summed E-state index contributed by atoms with van der Waals surface area (Å²) in [4.78, 5) is 0. The molecule has 1 N–H and O–H groups in total. The Morgan fingerprint density at radius 3 is 2.21 bits per heavy atom. The number of rotatable bonds is 8. The lowest BCUT2D eigenvalue weighted by atomic mass is 9.95. The third kappa shape index (κ3) is 4.02. The van der Waals surface area contributed by atoms with Crippen molar-refractivity contribution in [1.29, 1.82) is 0 Å². The molecule has 0 saturated heterocycles. The molecule has 0 aromatic heterocycles. The van der Waals surface area contributed by atoms with Gasteiger partial charge >= 0.3 is 0 Å². The summed E-state index contributed by atoms with van der Waals surface area (Å²) in [6, 6.07) is 5.96. The molecule has 0 radical (unpaired) electrons. The Kier molecular flexibility index (Phi) is 6.46. The zero-order valence-electron chi connectivity index (χ0n) is 12.3. The number of ether oxygens (including phenoxy) is 2. The van der Waals surface area contributed by atoms with Crippen molar-refractivity contribution in [1.82, 2.24) is 5.32 Å². The van der Waals surface area contributed by atoms with E-state index in [1.165, 1.54) is 0 Å². The fourth-order valence-corrected chi connectivity index (χ4v) is 2.49. The second-order valence-electron chi connectivity index (χ2n) is 4.66. The lowest BCUT2D eigenvalue weighted by Gasteiger charge is -2.31. The summed E-state index contributed by atoms with van der Waals surface area (Å²) in [6.45, 7) is 5.09. The molecule has 1 rings (SSSR count). The van der Waals surface area contributed by atoms with E-state index >= 15 is 0 Å². The van der Waals surface area contributed by atoms with Gasteiger partial charge in [-0.05, 0) is 30.5 Å². The van der Waals surface area contributed by atoms with Gasteiger partial charge in [0.05, 0.1) is 14.2 Å². The summed E-state index contributed by atoms with van der Waals surface area (Å²) in [6.07, 6.45) is 2.03. The van der Waals surface area contributed by atoms with Crippen molar-refractivity contribution in [3.05, 3.63) is 23.8 Å². The summed E-state index contributed by atoms with van der Waals surface area (Å²) in [5, 5.41) is 3.56. The maximum absolute atomic E-state index is 6.09. The Hall–Kier alpha value is -0.930. The summed E-state index contributed by atoms with van der Waals surface area (Å²) in [5.74, 6) is 2.12. The van der Waals surface area contributed by atoms with Crippen molar-refractivity contribution < 1.29 is 9.47 Å². The first-order chi connectivity index (χ1) is 9.14. The molecular formula is C15H24ClNO2. The van der Waals surface area contributed by atoms with E-state index in [9.17, 15) is 0 Å². The highest BCUT2D eigenvalue weighted by Gasteiger charge is 2.23. The zero-order chi connectivity index (χ0) is 14.3. The van der Waals surface area contributed by atoms with Crippen molar-refractivity contribution in [3.63, 3.8) is 0 Å². The third-order valence-electron chi connectivity index (χ3n) is 3.72. The van der Waals surface area contributed by atoms with Gasteiger partial charge in [-0.2, -0.15) is 0 Å². The molecule has 0 spiro atoms. The second-order valence-corrected chi connectivity index (χ2v) is 4.93. The van der Waals surface area contributed by atoms with E-state index in [0.717, 1.165) is 36.4 Å². The Balaban J connectivity index is 2.77. The van der Waals surface area contributed by atoms with Crippen LogP contribution < -0.4 is 14.8 Å². The van der Waals surface area contributed by atoms with Crippen LogP contribution in [0.25, 0.3) is 0 Å². The van der Waals surface area contributed by atoms with Crippen molar-refractivity contribution in [2.75, 3.05) is 20.1 Å². The predicted octanol–water partition coefficient (Wildman–Crippen LogP) is 3.59. The number of hydrogen-bond acceptors (Lipinski definition) is 3. The fraction of sp³-hybridized carbons (Fsp3) is 0.600. The van der Waals surface area contributed by atoms with Gasteiger partial charge in [-0.1, -0.05) is 19.9 Å². The number of alkyl halides is 1. The van der Waals surface area contributed by atoms with Gasteiger partial charge < -0.3 is 14.8 Å². The Morgan fingerprint density at radius 2 is 1.74 bits per heavy atom. The van der Waals surface area contributed by atoms with Crippen molar-refractivity contribution >= 4 is 11.6 Å². The average molecular weight is 286 g/mol. The van der Waals surface area contributed by atoms with Crippen LogP contribution in [0.15, 0.2) is 18.2 Å². The Bertz CT molecular complexity index is 383. The number of hydrogen-bond donors (Lipinski definition) is 1. The lowest BCUT2D eigenvalue weighted by Crippen LogP contribution is -2.45. The van der Waals surface area contributed by atoms with Crippen LogP contribution in [0.2, 0.25) is 0 Å². The molecule has 1 aromatic carbocycles. The molecule has 0 amide bonds. The number of methoxy groups -OCH3 is 2. The quantitative estimate of drug-likeness (QED) is 0.741. The minimum absolute atomic E-state index is 0.00865. The van der Waals surface area contributed by atoms with Gasteiger partial charge in [0.15, 0.2) is 11.5 Å². The van der Waals surface area contributed by atoms with E-state index in [2.05, 4.69) is 19.2 Å². The molecule has 0 fully saturated rings. The van der Waals surface area contributed by atoms with Crippen molar-refractivity contribution in [2.45, 2.75) is 38.8 Å². The topological polar surface area (TPSA) is 30.5 Å². The highest BCUT2D eigenvalue weighted by atomic mass is 35.5. The van der Waals surface area contributed by atoms with Gasteiger partial charge in [0.1, 0.15) is 0 Å². The monoisotopic (exact) mass is 285 g/mol. The molecule has 0 atom stereocenters. The largest absolute Gasteiger partial charge is 0.493 e. The van der Waals surface area contributed by atoms with E-state index < -0.39 is 0 Å². The molecule has 0 aliphatic rings. The molecule has 3 nitrogen and oxygen atoms in total. The summed E-state index contributed by atoms with van der Waals surface area (Å²) >= 11 is 6.09. The number of halogens is 1. The lowest BCUT2D eigenvalue weighted by molar-refractivity contribution is 0.332. The smallest absolute Gasteiger partial charge is 0.161 e. The molecule has 4 heteroatoms. The Morgan fingerprint density at radius 1 is 1.11 bits per heavy atom. The number of benzene rings is 1. The molecule has 0 heterocycles. The van der Waals surface area contributed by atoms with Gasteiger partial charge in [0.2, 0.25) is 0 Å². The molecule has 19 heavy (non-hydrogen) atoms. The molecule has 0 saturated carbocycles. The molecular weight excluding hydrogens is 262 g/mol. The molecule has 0 unspecified atom stereocenters. The van der Waals surface area contributed by atoms with E-state index in [0.29, 0.717) is 5.88 Å². The van der Waals surface area contributed by atoms with E-state index in [1.807, 2.05) is 18.2 Å². The molecule has 0 aliphatic heterocycles. The fourth-order valence-electron chi connectivity index (χ4n) is 2.02. The number of nitrogens with one attached hydrogen (secondary N) is 1. The minimum atomic E-state index is 0.00865. The van der Waals surface area contributed by atoms with E-state index in [1.54, 1.807) is 14.2 Å². The van der Waals surface area contributed by atoms with Crippen LogP contribution >= 0.6 is 11.6 Å². The van der Waals surface area contributed by atoms with E-state index in [-0.39, 0.29) is 5.54 Å². The van der Waals surface area contributed by atoms with Crippen LogP contribution in [0.1, 0.15) is 32.3 Å². The van der Waals surface area contributed by atoms with Crippen molar-refractivity contribution in [2.24, 2.45) is 0 Å². The SMILES string of the molecule is CCC(CC)(CCl)NCc1ccc(OC)c(OC)c1. The molecule has 1 aromatic rings. The average Bonchev–Trinajstić information content (AvgIpc) is 2.49. The minimum Gasteiger partial charge on any atom is -0.493 e. The summed E-state index contributed by atoms with van der Waals surface area (Å²) < 4.78 is 10.5. The summed E-state index contributed by atoms with van der Waals surface area (Å²) in [5.41, 5.74) is 1.17. The molecule has 0 bridgehead atoms. The van der Waals surface area contributed by atoms with Crippen LogP contribution in [-0.4, -0.2) is 25.6 Å². The van der Waals surface area contributed by atoms with Gasteiger partial charge in [0, 0.05) is 18.0 Å². The first kappa shape index (κ1) is 16.1. The normalized spacial score (nSPS) is 11.4. The highest BCUT2D eigenvalue weighted by molar-refractivity contribution is 6.18. The van der Waals surface area contributed by atoms with Gasteiger partial charge in [-0.3, -0.25) is 0 Å². The summed E-state index contributed by atoms with van der Waals surface area (Å²) in [7, 11) is 3.29. The van der Waals surface area contributed by atoms with Gasteiger partial charge in [-0.25, -0.2) is 0 Å². The Labute approximate surface area is 121 Å². The second kappa shape index (κ2) is 7.61. The molecule has 108 valence electrons. The van der Waals surface area contributed by atoms with Crippen LogP contribution in [0, 0.1) is 0 Å².